The molecule has 2 aromatic heterocycles. The van der Waals surface area contributed by atoms with E-state index < -0.39 is 16.1 Å². The summed E-state index contributed by atoms with van der Waals surface area (Å²) in [4.78, 5) is 11.6. The SMILES string of the molecule is C=C[C@H]1CN2CC[C@H]1C[C@H]2[C@@H](NS(=O)(=O)c1cccc2cccnc12)c1ccnc2ccccc12. The first-order valence-electron chi connectivity index (χ1n) is 12.1. The van der Waals surface area contributed by atoms with Crippen molar-refractivity contribution in [2.24, 2.45) is 11.8 Å². The minimum atomic E-state index is -3.87. The van der Waals surface area contributed by atoms with Crippen LogP contribution >= 0.6 is 0 Å². The van der Waals surface area contributed by atoms with Gasteiger partial charge in [-0.15, -0.1) is 6.58 Å². The van der Waals surface area contributed by atoms with Crippen LogP contribution in [0.15, 0.2) is 90.6 Å². The first kappa shape index (κ1) is 22.3. The van der Waals surface area contributed by atoms with Gasteiger partial charge in [-0.05, 0) is 61.1 Å². The van der Waals surface area contributed by atoms with Gasteiger partial charge in [-0.1, -0.05) is 42.5 Å². The van der Waals surface area contributed by atoms with Gasteiger partial charge in [0.1, 0.15) is 4.90 Å². The quantitative estimate of drug-likeness (QED) is 0.402. The van der Waals surface area contributed by atoms with Gasteiger partial charge < -0.3 is 0 Å². The Morgan fingerprint density at radius 3 is 2.71 bits per heavy atom. The maximum atomic E-state index is 13.9. The molecule has 5 heterocycles. The van der Waals surface area contributed by atoms with E-state index in [0.29, 0.717) is 17.4 Å². The summed E-state index contributed by atoms with van der Waals surface area (Å²) in [5.74, 6) is 0.968. The van der Waals surface area contributed by atoms with Gasteiger partial charge in [-0.2, -0.15) is 0 Å². The Morgan fingerprint density at radius 1 is 1.03 bits per heavy atom. The third kappa shape index (κ3) is 3.93. The Morgan fingerprint density at radius 2 is 1.89 bits per heavy atom. The molecule has 1 unspecified atom stereocenters. The standard InChI is InChI=1S/C28H28N4O2S/c1-2-19-18-32-16-13-21(19)17-25(32)28(23-12-15-29-24-10-4-3-9-22(23)24)31-35(33,34)26-11-5-7-20-8-6-14-30-27(20)26/h2-12,14-15,19,21,25,28,31H,1,13,16-18H2/t19-,21-,25-,28-/m0/s1. The smallest absolute Gasteiger partial charge is 0.243 e. The molecule has 0 spiro atoms. The Balaban J connectivity index is 1.47. The molecule has 7 rings (SSSR count). The predicted octanol–water partition coefficient (Wildman–Crippen LogP) is 4.70. The van der Waals surface area contributed by atoms with Gasteiger partial charge >= 0.3 is 0 Å². The van der Waals surface area contributed by atoms with Crippen molar-refractivity contribution in [1.82, 2.24) is 19.6 Å². The second-order valence-electron chi connectivity index (χ2n) is 9.59. The average molecular weight is 485 g/mol. The number of hydrogen-bond donors (Lipinski definition) is 1. The van der Waals surface area contributed by atoms with Gasteiger partial charge in [0.15, 0.2) is 0 Å². The summed E-state index contributed by atoms with van der Waals surface area (Å²) in [6, 6.07) is 18.5. The van der Waals surface area contributed by atoms with E-state index >= 15 is 0 Å². The lowest BCUT2D eigenvalue weighted by molar-refractivity contribution is 0.00490. The van der Waals surface area contributed by atoms with E-state index in [-0.39, 0.29) is 10.9 Å². The fourth-order valence-corrected chi connectivity index (χ4v) is 7.41. The summed E-state index contributed by atoms with van der Waals surface area (Å²) in [5.41, 5.74) is 2.30. The number of pyridine rings is 2. The number of para-hydroxylation sites is 2. The summed E-state index contributed by atoms with van der Waals surface area (Å²) in [7, 11) is -3.87. The molecule has 2 bridgehead atoms. The predicted molar refractivity (Wildman–Crippen MR) is 138 cm³/mol. The molecule has 4 aromatic rings. The molecule has 35 heavy (non-hydrogen) atoms. The molecule has 0 radical (unpaired) electrons. The van der Waals surface area contributed by atoms with Crippen molar-refractivity contribution in [3.8, 4) is 0 Å². The van der Waals surface area contributed by atoms with Gasteiger partial charge in [-0.25, -0.2) is 13.1 Å². The summed E-state index contributed by atoms with van der Waals surface area (Å²) in [6.45, 7) is 5.93. The topological polar surface area (TPSA) is 75.2 Å². The highest BCUT2D eigenvalue weighted by Gasteiger charge is 2.44. The van der Waals surface area contributed by atoms with Crippen molar-refractivity contribution >= 4 is 31.8 Å². The van der Waals surface area contributed by atoms with Crippen molar-refractivity contribution in [3.05, 3.63) is 91.3 Å². The number of nitrogens with one attached hydrogen (secondary N) is 1. The first-order chi connectivity index (χ1) is 17.0. The normalized spacial score (nSPS) is 25.0. The van der Waals surface area contributed by atoms with Crippen LogP contribution in [-0.2, 0) is 10.0 Å². The van der Waals surface area contributed by atoms with Crippen molar-refractivity contribution in [2.75, 3.05) is 13.1 Å². The van der Waals surface area contributed by atoms with Crippen LogP contribution in [0.2, 0.25) is 0 Å². The molecule has 178 valence electrons. The van der Waals surface area contributed by atoms with Crippen molar-refractivity contribution in [3.63, 3.8) is 0 Å². The summed E-state index contributed by atoms with van der Waals surface area (Å²) < 4.78 is 31.0. The molecule has 3 aliphatic heterocycles. The zero-order valence-corrected chi connectivity index (χ0v) is 20.2. The highest BCUT2D eigenvalue weighted by molar-refractivity contribution is 7.89. The van der Waals surface area contributed by atoms with Crippen molar-refractivity contribution in [2.45, 2.75) is 29.8 Å². The molecule has 0 aliphatic carbocycles. The molecule has 7 heteroatoms. The number of sulfonamides is 1. The molecule has 1 N–H and O–H groups in total. The summed E-state index contributed by atoms with van der Waals surface area (Å²) in [6.07, 6.45) is 7.53. The maximum Gasteiger partial charge on any atom is 0.243 e. The molecule has 5 atom stereocenters. The number of hydrogen-bond acceptors (Lipinski definition) is 5. The number of piperidine rings is 3. The maximum absolute atomic E-state index is 13.9. The highest BCUT2D eigenvalue weighted by atomic mass is 32.2. The second-order valence-corrected chi connectivity index (χ2v) is 11.3. The van der Waals surface area contributed by atoms with Crippen LogP contribution in [0, 0.1) is 11.8 Å². The van der Waals surface area contributed by atoms with E-state index in [0.717, 1.165) is 47.8 Å². The zero-order valence-electron chi connectivity index (χ0n) is 19.4. The molecule has 3 aliphatic rings. The van der Waals surface area contributed by atoms with Gasteiger partial charge in [-0.3, -0.25) is 14.9 Å². The first-order valence-corrected chi connectivity index (χ1v) is 13.6. The molecule has 0 amide bonds. The highest BCUT2D eigenvalue weighted by Crippen LogP contribution is 2.42. The Bertz CT molecular complexity index is 1510. The fourth-order valence-electron chi connectivity index (χ4n) is 5.99. The molecule has 3 saturated heterocycles. The van der Waals surface area contributed by atoms with E-state index in [4.69, 9.17) is 0 Å². The van der Waals surface area contributed by atoms with E-state index in [2.05, 4.69) is 32.2 Å². The third-order valence-corrected chi connectivity index (χ3v) is 9.20. The third-order valence-electron chi connectivity index (χ3n) is 7.72. The van der Waals surface area contributed by atoms with E-state index in [1.807, 2.05) is 48.5 Å². The Kier molecular flexibility index (Phi) is 5.63. The van der Waals surface area contributed by atoms with Crippen molar-refractivity contribution < 1.29 is 8.42 Å². The second kappa shape index (κ2) is 8.82. The van der Waals surface area contributed by atoms with Crippen LogP contribution in [0.5, 0.6) is 0 Å². The number of benzene rings is 2. The minimum Gasteiger partial charge on any atom is -0.298 e. The molecule has 2 aromatic carbocycles. The Labute approximate surface area is 205 Å². The molecular formula is C28H28N4O2S. The molecule has 6 nitrogen and oxygen atoms in total. The van der Waals surface area contributed by atoms with Gasteiger partial charge in [0, 0.05) is 35.8 Å². The summed E-state index contributed by atoms with van der Waals surface area (Å²) >= 11 is 0. The van der Waals surface area contributed by atoms with E-state index in [1.54, 1.807) is 24.5 Å². The van der Waals surface area contributed by atoms with E-state index in [1.165, 1.54) is 0 Å². The van der Waals surface area contributed by atoms with Gasteiger partial charge in [0.25, 0.3) is 0 Å². The zero-order chi connectivity index (χ0) is 24.0. The van der Waals surface area contributed by atoms with Crippen molar-refractivity contribution in [1.29, 1.82) is 0 Å². The largest absolute Gasteiger partial charge is 0.298 e. The molecular weight excluding hydrogens is 456 g/mol. The number of nitrogens with zero attached hydrogens (tertiary/aromatic N) is 3. The van der Waals surface area contributed by atoms with Crippen LogP contribution in [0.3, 0.4) is 0 Å². The lowest BCUT2D eigenvalue weighted by Gasteiger charge is -2.51. The van der Waals surface area contributed by atoms with Crippen LogP contribution in [-0.4, -0.2) is 42.4 Å². The fraction of sp³-hybridized carbons (Fsp3) is 0.286. The van der Waals surface area contributed by atoms with Gasteiger partial charge in [0.05, 0.1) is 17.1 Å². The number of aromatic nitrogens is 2. The number of rotatable bonds is 6. The monoisotopic (exact) mass is 484 g/mol. The van der Waals surface area contributed by atoms with Crippen LogP contribution < -0.4 is 4.72 Å². The van der Waals surface area contributed by atoms with Crippen LogP contribution in [0.25, 0.3) is 21.8 Å². The van der Waals surface area contributed by atoms with E-state index in [9.17, 15) is 8.42 Å². The van der Waals surface area contributed by atoms with Crippen LogP contribution in [0.1, 0.15) is 24.4 Å². The lowest BCUT2D eigenvalue weighted by Crippen LogP contribution is -2.57. The lowest BCUT2D eigenvalue weighted by atomic mass is 9.73. The average Bonchev–Trinajstić information content (AvgIpc) is 2.91. The Hall–Kier alpha value is -3.13. The molecule has 3 fully saturated rings. The summed E-state index contributed by atoms with van der Waals surface area (Å²) in [5, 5.41) is 1.78. The van der Waals surface area contributed by atoms with Gasteiger partial charge in [0.2, 0.25) is 10.0 Å². The van der Waals surface area contributed by atoms with Crippen LogP contribution in [0.4, 0.5) is 0 Å². The minimum absolute atomic E-state index is 0.0495. The molecule has 0 saturated carbocycles. The number of fused-ring (bicyclic) bond motifs is 5.